The maximum Gasteiger partial charge on any atom is 0.0961 e. The zero-order chi connectivity index (χ0) is 9.84. The Hall–Kier alpha value is 0.110. The molecular weight excluding hydrogens is 246 g/mol. The third-order valence-corrected chi connectivity index (χ3v) is 4.62. The summed E-state index contributed by atoms with van der Waals surface area (Å²) in [6.07, 6.45) is 2.40. The van der Waals surface area contributed by atoms with E-state index in [4.69, 9.17) is 0 Å². The van der Waals surface area contributed by atoms with Crippen LogP contribution in [0, 0.1) is 6.92 Å². The summed E-state index contributed by atoms with van der Waals surface area (Å²) in [6.45, 7) is 6.57. The lowest BCUT2D eigenvalue weighted by Crippen LogP contribution is -1.93. The summed E-state index contributed by atoms with van der Waals surface area (Å²) in [5.41, 5.74) is 1.20. The van der Waals surface area contributed by atoms with E-state index in [9.17, 15) is 0 Å². The van der Waals surface area contributed by atoms with Crippen molar-refractivity contribution in [1.29, 1.82) is 0 Å². The van der Waals surface area contributed by atoms with Gasteiger partial charge in [-0.2, -0.15) is 0 Å². The highest BCUT2D eigenvalue weighted by Crippen LogP contribution is 2.30. The van der Waals surface area contributed by atoms with Crippen molar-refractivity contribution in [2.75, 3.05) is 0 Å². The molecule has 0 aliphatic rings. The highest BCUT2D eigenvalue weighted by atomic mass is 79.9. The fraction of sp³-hybridized carbons (Fsp3) is 0.700. The molecule has 0 bridgehead atoms. The van der Waals surface area contributed by atoms with Gasteiger partial charge >= 0.3 is 0 Å². The second kappa shape index (κ2) is 5.11. The summed E-state index contributed by atoms with van der Waals surface area (Å²) in [6, 6.07) is 0. The van der Waals surface area contributed by atoms with Gasteiger partial charge in [0.2, 0.25) is 0 Å². The van der Waals surface area contributed by atoms with Gasteiger partial charge in [0.1, 0.15) is 0 Å². The Morgan fingerprint density at radius 1 is 1.38 bits per heavy atom. The van der Waals surface area contributed by atoms with Crippen LogP contribution in [0.25, 0.3) is 0 Å². The number of alkyl halides is 1. The van der Waals surface area contributed by atoms with Crippen LogP contribution in [0.1, 0.15) is 48.2 Å². The molecule has 0 unspecified atom stereocenters. The van der Waals surface area contributed by atoms with Gasteiger partial charge < -0.3 is 0 Å². The summed E-state index contributed by atoms with van der Waals surface area (Å²) < 4.78 is 0. The second-order valence-corrected chi connectivity index (χ2v) is 4.88. The van der Waals surface area contributed by atoms with E-state index < -0.39 is 0 Å². The van der Waals surface area contributed by atoms with Crippen LogP contribution < -0.4 is 0 Å². The lowest BCUT2D eigenvalue weighted by Gasteiger charge is -2.06. The average Bonchev–Trinajstić information content (AvgIpc) is 2.49. The van der Waals surface area contributed by atoms with Gasteiger partial charge in [-0.1, -0.05) is 29.8 Å². The van der Waals surface area contributed by atoms with E-state index in [-0.39, 0.29) is 0 Å². The largest absolute Gasteiger partial charge is 0.246 e. The fourth-order valence-corrected chi connectivity index (χ4v) is 3.32. The maximum atomic E-state index is 4.61. The summed E-state index contributed by atoms with van der Waals surface area (Å²) in [4.78, 5) is 5.99. The van der Waals surface area contributed by atoms with Crippen molar-refractivity contribution in [3.8, 4) is 0 Å². The lowest BCUT2D eigenvalue weighted by molar-refractivity contribution is 0.636. The maximum absolute atomic E-state index is 4.61. The summed E-state index contributed by atoms with van der Waals surface area (Å²) in [5.74, 6) is 0.663. The molecule has 3 heteroatoms. The third kappa shape index (κ3) is 2.53. The third-order valence-electron chi connectivity index (χ3n) is 2.37. The van der Waals surface area contributed by atoms with Crippen molar-refractivity contribution < 1.29 is 0 Å². The number of aromatic nitrogens is 1. The molecule has 0 aliphatic heterocycles. The SMILES string of the molecule is CCC(CC)c1nc(C)c(CBr)s1. The molecule has 1 aromatic heterocycles. The number of hydrogen-bond acceptors (Lipinski definition) is 2. The van der Waals surface area contributed by atoms with Crippen LogP contribution in [0.2, 0.25) is 0 Å². The molecule has 0 fully saturated rings. The molecule has 1 aromatic rings. The van der Waals surface area contributed by atoms with Crippen LogP contribution >= 0.6 is 27.3 Å². The molecule has 0 aliphatic carbocycles. The van der Waals surface area contributed by atoms with E-state index in [0.29, 0.717) is 5.92 Å². The molecular formula is C10H16BrNS. The van der Waals surface area contributed by atoms with Crippen molar-refractivity contribution in [2.24, 2.45) is 0 Å². The van der Waals surface area contributed by atoms with Crippen molar-refractivity contribution >= 4 is 27.3 Å². The van der Waals surface area contributed by atoms with Crippen molar-refractivity contribution in [3.05, 3.63) is 15.6 Å². The van der Waals surface area contributed by atoms with E-state index >= 15 is 0 Å². The van der Waals surface area contributed by atoms with Gasteiger partial charge in [0, 0.05) is 16.1 Å². The van der Waals surface area contributed by atoms with Crippen LogP contribution in [0.3, 0.4) is 0 Å². The molecule has 0 radical (unpaired) electrons. The number of thiazole rings is 1. The Morgan fingerprint density at radius 2 is 2.00 bits per heavy atom. The van der Waals surface area contributed by atoms with Crippen molar-refractivity contribution in [2.45, 2.75) is 44.9 Å². The number of hydrogen-bond donors (Lipinski definition) is 0. The normalized spacial score (nSPS) is 11.2. The Kier molecular flexibility index (Phi) is 4.39. The Bertz CT molecular complexity index is 266. The average molecular weight is 262 g/mol. The van der Waals surface area contributed by atoms with Gasteiger partial charge in [0.15, 0.2) is 0 Å². The van der Waals surface area contributed by atoms with Gasteiger partial charge in [0.05, 0.1) is 10.7 Å². The van der Waals surface area contributed by atoms with Gasteiger partial charge in [-0.3, -0.25) is 0 Å². The second-order valence-electron chi connectivity index (χ2n) is 3.21. The first-order valence-electron chi connectivity index (χ1n) is 4.75. The number of nitrogens with zero attached hydrogens (tertiary/aromatic N) is 1. The van der Waals surface area contributed by atoms with Crippen LogP contribution in [0.5, 0.6) is 0 Å². The summed E-state index contributed by atoms with van der Waals surface area (Å²) in [7, 11) is 0. The smallest absolute Gasteiger partial charge is 0.0961 e. The lowest BCUT2D eigenvalue weighted by atomic mass is 10.1. The predicted molar refractivity (Wildman–Crippen MR) is 62.8 cm³/mol. The minimum Gasteiger partial charge on any atom is -0.246 e. The minimum atomic E-state index is 0.663. The standard InChI is InChI=1S/C10H16BrNS/c1-4-8(5-2)10-12-7(3)9(6-11)13-10/h8H,4-6H2,1-3H3. The van der Waals surface area contributed by atoms with E-state index in [2.05, 4.69) is 41.7 Å². The first kappa shape index (κ1) is 11.2. The van der Waals surface area contributed by atoms with Crippen LogP contribution in [0.15, 0.2) is 0 Å². The van der Waals surface area contributed by atoms with Crippen LogP contribution in [-0.4, -0.2) is 4.98 Å². The number of rotatable bonds is 4. The molecule has 0 atom stereocenters. The first-order valence-corrected chi connectivity index (χ1v) is 6.68. The highest BCUT2D eigenvalue weighted by molar-refractivity contribution is 9.08. The highest BCUT2D eigenvalue weighted by Gasteiger charge is 2.13. The molecule has 0 amide bonds. The van der Waals surface area contributed by atoms with E-state index in [1.165, 1.54) is 28.4 Å². The van der Waals surface area contributed by atoms with Gasteiger partial charge in [-0.25, -0.2) is 4.98 Å². The summed E-state index contributed by atoms with van der Waals surface area (Å²) in [5, 5.41) is 2.26. The number of aryl methyl sites for hydroxylation is 1. The van der Waals surface area contributed by atoms with Crippen LogP contribution in [0.4, 0.5) is 0 Å². The van der Waals surface area contributed by atoms with E-state index in [1.807, 2.05) is 11.3 Å². The Morgan fingerprint density at radius 3 is 2.38 bits per heavy atom. The quantitative estimate of drug-likeness (QED) is 0.739. The Labute approximate surface area is 92.7 Å². The van der Waals surface area contributed by atoms with Crippen molar-refractivity contribution in [1.82, 2.24) is 4.98 Å². The summed E-state index contributed by atoms with van der Waals surface area (Å²) >= 11 is 5.34. The first-order chi connectivity index (χ1) is 6.22. The van der Waals surface area contributed by atoms with E-state index in [1.54, 1.807) is 0 Å². The molecule has 0 saturated heterocycles. The fourth-order valence-electron chi connectivity index (χ4n) is 1.39. The molecule has 74 valence electrons. The van der Waals surface area contributed by atoms with Gasteiger partial charge in [0.25, 0.3) is 0 Å². The molecule has 1 rings (SSSR count). The zero-order valence-corrected chi connectivity index (χ0v) is 10.8. The minimum absolute atomic E-state index is 0.663. The molecule has 0 saturated carbocycles. The van der Waals surface area contributed by atoms with Gasteiger partial charge in [-0.15, -0.1) is 11.3 Å². The topological polar surface area (TPSA) is 12.9 Å². The molecule has 1 nitrogen and oxygen atoms in total. The predicted octanol–water partition coefficient (Wildman–Crippen LogP) is 4.25. The van der Waals surface area contributed by atoms with Gasteiger partial charge in [-0.05, 0) is 19.8 Å². The zero-order valence-electron chi connectivity index (χ0n) is 8.43. The molecule has 13 heavy (non-hydrogen) atoms. The molecule has 0 spiro atoms. The van der Waals surface area contributed by atoms with E-state index in [0.717, 1.165) is 5.33 Å². The monoisotopic (exact) mass is 261 g/mol. The molecule has 0 aromatic carbocycles. The molecule has 0 N–H and O–H groups in total. The number of halogens is 1. The Balaban J connectivity index is 2.88. The molecule has 1 heterocycles. The van der Waals surface area contributed by atoms with Crippen LogP contribution in [-0.2, 0) is 5.33 Å². The van der Waals surface area contributed by atoms with Crippen molar-refractivity contribution in [3.63, 3.8) is 0 Å².